The lowest BCUT2D eigenvalue weighted by atomic mass is 10.2. The van der Waals surface area contributed by atoms with Crippen molar-refractivity contribution in [1.29, 1.82) is 0 Å². The van der Waals surface area contributed by atoms with Gasteiger partial charge in [0.15, 0.2) is 0 Å². The van der Waals surface area contributed by atoms with E-state index >= 15 is 0 Å². The fourth-order valence-electron chi connectivity index (χ4n) is 2.02. The minimum absolute atomic E-state index is 0.198. The quantitative estimate of drug-likeness (QED) is 0.820. The molecule has 0 aromatic carbocycles. The third kappa shape index (κ3) is 3.30. The number of sulfonamides is 1. The summed E-state index contributed by atoms with van der Waals surface area (Å²) in [6.45, 7) is 1.45. The third-order valence-electron chi connectivity index (χ3n) is 2.96. The molecule has 1 unspecified atom stereocenters. The minimum Gasteiger partial charge on any atom is -0.378 e. The van der Waals surface area contributed by atoms with Crippen LogP contribution in [0.4, 0.5) is 0 Å². The summed E-state index contributed by atoms with van der Waals surface area (Å²) in [4.78, 5) is 1.00. The average Bonchev–Trinajstić information content (AvgIpc) is 2.99. The maximum absolute atomic E-state index is 12.0. The largest absolute Gasteiger partial charge is 0.378 e. The molecule has 0 aliphatic carbocycles. The van der Waals surface area contributed by atoms with Crippen molar-refractivity contribution in [1.82, 2.24) is 4.72 Å². The van der Waals surface area contributed by atoms with Crippen LogP contribution in [0.5, 0.6) is 0 Å². The van der Waals surface area contributed by atoms with Gasteiger partial charge in [0, 0.05) is 24.6 Å². The van der Waals surface area contributed by atoms with E-state index in [9.17, 15) is 8.42 Å². The summed E-state index contributed by atoms with van der Waals surface area (Å²) in [5, 5.41) is 1.75. The Morgan fingerprint density at radius 1 is 1.56 bits per heavy atom. The highest BCUT2D eigenvalue weighted by Crippen LogP contribution is 2.21. The normalized spacial score (nSPS) is 20.4. The zero-order valence-electron chi connectivity index (χ0n) is 10.1. The molecule has 1 atom stereocenters. The molecule has 0 saturated carbocycles. The van der Waals surface area contributed by atoms with Gasteiger partial charge >= 0.3 is 0 Å². The Morgan fingerprint density at radius 2 is 2.39 bits per heavy atom. The van der Waals surface area contributed by atoms with Gasteiger partial charge in [0.1, 0.15) is 0 Å². The molecule has 0 radical (unpaired) electrons. The van der Waals surface area contributed by atoms with Crippen molar-refractivity contribution in [3.63, 3.8) is 0 Å². The molecule has 0 amide bonds. The fourth-order valence-corrected chi connectivity index (χ4v) is 4.40. The number of hydrogen-bond acceptors (Lipinski definition) is 5. The van der Waals surface area contributed by atoms with Gasteiger partial charge in [-0.3, -0.25) is 0 Å². The monoisotopic (exact) mass is 290 g/mol. The van der Waals surface area contributed by atoms with E-state index in [1.165, 1.54) is 11.3 Å². The number of rotatable bonds is 6. The van der Waals surface area contributed by atoms with Crippen LogP contribution in [0.15, 0.2) is 16.3 Å². The molecule has 1 aliphatic heterocycles. The molecule has 1 aromatic rings. The van der Waals surface area contributed by atoms with Crippen molar-refractivity contribution in [3.05, 3.63) is 16.3 Å². The van der Waals surface area contributed by atoms with Crippen molar-refractivity contribution in [2.24, 2.45) is 5.73 Å². The summed E-state index contributed by atoms with van der Waals surface area (Å²) in [7, 11) is -3.43. The second-order valence-electron chi connectivity index (χ2n) is 4.23. The Morgan fingerprint density at radius 3 is 3.06 bits per heavy atom. The highest BCUT2D eigenvalue weighted by molar-refractivity contribution is 7.89. The van der Waals surface area contributed by atoms with Gasteiger partial charge in [-0.1, -0.05) is 0 Å². The van der Waals surface area contributed by atoms with E-state index in [0.717, 1.165) is 25.9 Å². The van der Waals surface area contributed by atoms with E-state index < -0.39 is 10.0 Å². The fraction of sp³-hybridized carbons (Fsp3) is 0.636. The summed E-state index contributed by atoms with van der Waals surface area (Å²) < 4.78 is 32.1. The van der Waals surface area contributed by atoms with Crippen molar-refractivity contribution < 1.29 is 13.2 Å². The number of ether oxygens (including phenoxy) is 1. The van der Waals surface area contributed by atoms with E-state index in [2.05, 4.69) is 4.72 Å². The Kier molecular flexibility index (Phi) is 4.74. The number of nitrogens with two attached hydrogens (primary N) is 1. The molecule has 1 fully saturated rings. The van der Waals surface area contributed by atoms with Gasteiger partial charge < -0.3 is 10.5 Å². The van der Waals surface area contributed by atoms with E-state index in [-0.39, 0.29) is 12.6 Å². The molecule has 1 aromatic heterocycles. The topological polar surface area (TPSA) is 81.4 Å². The van der Waals surface area contributed by atoms with Crippen molar-refractivity contribution in [2.45, 2.75) is 36.8 Å². The van der Waals surface area contributed by atoms with Gasteiger partial charge in [-0.15, -0.1) is 11.3 Å². The maximum atomic E-state index is 12.0. The predicted octanol–water partition coefficient (Wildman–Crippen LogP) is 1.05. The lowest BCUT2D eigenvalue weighted by Crippen LogP contribution is -2.27. The Bertz CT molecular complexity index is 478. The van der Waals surface area contributed by atoms with Crippen LogP contribution < -0.4 is 10.5 Å². The molecule has 18 heavy (non-hydrogen) atoms. The number of hydrogen-bond donors (Lipinski definition) is 2. The van der Waals surface area contributed by atoms with Crippen LogP contribution in [0.2, 0.25) is 0 Å². The molecule has 3 N–H and O–H groups in total. The second-order valence-corrected chi connectivity index (χ2v) is 6.97. The summed E-state index contributed by atoms with van der Waals surface area (Å²) in [6.07, 6.45) is 3.01. The van der Waals surface area contributed by atoms with Crippen LogP contribution in [0.3, 0.4) is 0 Å². The van der Waals surface area contributed by atoms with Gasteiger partial charge in [-0.05, 0) is 30.7 Å². The molecule has 2 rings (SSSR count). The van der Waals surface area contributed by atoms with Gasteiger partial charge in [0.2, 0.25) is 10.0 Å². The molecule has 1 aliphatic rings. The molecular weight excluding hydrogens is 272 g/mol. The van der Waals surface area contributed by atoms with E-state index in [1.807, 2.05) is 0 Å². The third-order valence-corrected chi connectivity index (χ3v) is 5.58. The van der Waals surface area contributed by atoms with E-state index in [1.54, 1.807) is 11.4 Å². The number of thiophene rings is 1. The van der Waals surface area contributed by atoms with Gasteiger partial charge in [-0.2, -0.15) is 0 Å². The molecule has 0 spiro atoms. The van der Waals surface area contributed by atoms with Crippen LogP contribution in [-0.4, -0.2) is 27.7 Å². The molecule has 2 heterocycles. The van der Waals surface area contributed by atoms with Crippen molar-refractivity contribution in [3.8, 4) is 0 Å². The predicted molar refractivity (Wildman–Crippen MR) is 71.0 cm³/mol. The first-order chi connectivity index (χ1) is 8.63. The van der Waals surface area contributed by atoms with Crippen LogP contribution in [-0.2, 0) is 21.3 Å². The second kappa shape index (κ2) is 6.12. The minimum atomic E-state index is -3.43. The zero-order valence-corrected chi connectivity index (χ0v) is 11.7. The van der Waals surface area contributed by atoms with Gasteiger partial charge in [0.05, 0.1) is 11.0 Å². The van der Waals surface area contributed by atoms with Crippen LogP contribution in [0, 0.1) is 0 Å². The lowest BCUT2D eigenvalue weighted by molar-refractivity contribution is 0.105. The molecule has 7 heteroatoms. The Labute approximate surface area is 111 Å². The summed E-state index contributed by atoms with van der Waals surface area (Å²) in [6, 6.07) is 1.60. The Hall–Kier alpha value is -0.470. The molecular formula is C11H18N2O3S2. The average molecular weight is 290 g/mol. The standard InChI is InChI=1S/C11H18N2O3S2/c12-8-10-11(4-7-17-10)18(14,15)13-5-3-9-2-1-6-16-9/h4,7,9,13H,1-3,5-6,8,12H2. The molecule has 102 valence electrons. The van der Waals surface area contributed by atoms with E-state index in [4.69, 9.17) is 10.5 Å². The van der Waals surface area contributed by atoms with Crippen LogP contribution in [0.1, 0.15) is 24.1 Å². The van der Waals surface area contributed by atoms with Gasteiger partial charge in [-0.25, -0.2) is 13.1 Å². The van der Waals surface area contributed by atoms with Crippen LogP contribution >= 0.6 is 11.3 Å². The summed E-state index contributed by atoms with van der Waals surface area (Å²) in [5.74, 6) is 0. The van der Waals surface area contributed by atoms with Crippen LogP contribution in [0.25, 0.3) is 0 Å². The Balaban J connectivity index is 1.91. The molecule has 0 bridgehead atoms. The van der Waals surface area contributed by atoms with Crippen molar-refractivity contribution in [2.75, 3.05) is 13.2 Å². The SMILES string of the molecule is NCc1sccc1S(=O)(=O)NCCC1CCCO1. The first kappa shape index (κ1) is 14.0. The first-order valence-electron chi connectivity index (χ1n) is 6.01. The zero-order chi connectivity index (χ0) is 13.0. The smallest absolute Gasteiger partial charge is 0.241 e. The molecule has 1 saturated heterocycles. The van der Waals surface area contributed by atoms with E-state index in [0.29, 0.717) is 16.3 Å². The molecule has 5 nitrogen and oxygen atoms in total. The maximum Gasteiger partial charge on any atom is 0.241 e. The van der Waals surface area contributed by atoms with Crippen molar-refractivity contribution >= 4 is 21.4 Å². The summed E-state index contributed by atoms with van der Waals surface area (Å²) >= 11 is 1.37. The highest BCUT2D eigenvalue weighted by Gasteiger charge is 2.20. The lowest BCUT2D eigenvalue weighted by Gasteiger charge is -2.10. The highest BCUT2D eigenvalue weighted by atomic mass is 32.2. The first-order valence-corrected chi connectivity index (χ1v) is 8.37. The number of nitrogens with one attached hydrogen (secondary N) is 1. The van der Waals surface area contributed by atoms with Gasteiger partial charge in [0.25, 0.3) is 0 Å². The summed E-state index contributed by atoms with van der Waals surface area (Å²) in [5.41, 5.74) is 5.52.